The lowest BCUT2D eigenvalue weighted by atomic mass is 9.94. The number of aromatic nitrogens is 4. The number of nitrogens with zero attached hydrogens (tertiary/aromatic N) is 4. The Kier molecular flexibility index (Phi) is 7.74. The molecule has 11 rings (SSSR count). The van der Waals surface area contributed by atoms with Crippen LogP contribution in [0.5, 0.6) is 0 Å². The van der Waals surface area contributed by atoms with Crippen molar-refractivity contribution in [2.24, 2.45) is 0 Å². The predicted molar refractivity (Wildman–Crippen MR) is 233 cm³/mol. The van der Waals surface area contributed by atoms with Crippen LogP contribution in [0.4, 0.5) is 0 Å². The first-order chi connectivity index (χ1) is 28.2. The van der Waals surface area contributed by atoms with Gasteiger partial charge in [-0.25, -0.2) is 19.9 Å². The molecule has 266 valence electrons. The zero-order valence-electron chi connectivity index (χ0n) is 30.7. The largest absolute Gasteiger partial charge is 0.455 e. The van der Waals surface area contributed by atoms with Gasteiger partial charge in [-0.15, -0.1) is 0 Å². The molecule has 0 radical (unpaired) electrons. The summed E-state index contributed by atoms with van der Waals surface area (Å²) in [5.74, 6) is 1.86. The lowest BCUT2D eigenvalue weighted by Crippen LogP contribution is -2.00. The Hall–Kier alpha value is -7.76. The number of benzene rings is 8. The van der Waals surface area contributed by atoms with Crippen LogP contribution >= 0.6 is 0 Å². The monoisotopic (exact) mass is 728 g/mol. The van der Waals surface area contributed by atoms with Crippen LogP contribution in [0, 0.1) is 0 Å². The van der Waals surface area contributed by atoms with Crippen molar-refractivity contribution in [1.29, 1.82) is 0 Å². The van der Waals surface area contributed by atoms with E-state index in [2.05, 4.69) is 146 Å². The minimum Gasteiger partial charge on any atom is -0.455 e. The summed E-state index contributed by atoms with van der Waals surface area (Å²) in [5, 5.41) is 5.37. The molecule has 5 nitrogen and oxygen atoms in total. The summed E-state index contributed by atoms with van der Waals surface area (Å²) in [6, 6.07) is 66.8. The smallest absolute Gasteiger partial charge is 0.164 e. The molecule has 11 aromatic rings. The summed E-state index contributed by atoms with van der Waals surface area (Å²) in [5.41, 5.74) is 11.7. The Balaban J connectivity index is 1.04. The third kappa shape index (κ3) is 5.72. The molecule has 0 aliphatic heterocycles. The molecule has 0 saturated carbocycles. The van der Waals surface area contributed by atoms with Crippen LogP contribution in [0.2, 0.25) is 0 Å². The van der Waals surface area contributed by atoms with Crippen molar-refractivity contribution < 1.29 is 4.42 Å². The van der Waals surface area contributed by atoms with Gasteiger partial charge in [0.15, 0.2) is 17.5 Å². The Morgan fingerprint density at radius 3 is 1.51 bits per heavy atom. The molecule has 0 atom stereocenters. The van der Waals surface area contributed by atoms with Gasteiger partial charge in [0, 0.05) is 27.6 Å². The molecule has 0 unspecified atom stereocenters. The first-order valence-corrected chi connectivity index (χ1v) is 19.1. The Morgan fingerprint density at radius 1 is 0.316 bits per heavy atom. The van der Waals surface area contributed by atoms with E-state index in [1.807, 2.05) is 48.5 Å². The molecule has 0 aliphatic carbocycles. The van der Waals surface area contributed by atoms with Crippen molar-refractivity contribution in [3.8, 4) is 67.7 Å². The number of furan rings is 1. The summed E-state index contributed by atoms with van der Waals surface area (Å²) in [7, 11) is 0. The minimum absolute atomic E-state index is 0.608. The lowest BCUT2D eigenvalue weighted by Gasteiger charge is -2.13. The van der Waals surface area contributed by atoms with Gasteiger partial charge in [-0.1, -0.05) is 182 Å². The van der Waals surface area contributed by atoms with Crippen molar-refractivity contribution in [2.75, 3.05) is 0 Å². The Labute approximate surface area is 328 Å². The standard InChI is InChI=1S/C52H32N4O/c1-3-13-33(14-4-1)34-25-29-38(30-26-34)51-54-50(37-16-5-2-6-17-37)55-52(56-51)39-31-27-36(28-32-39)41-21-12-23-44-46(41)49-47(43-20-9-10-24-45(43)57-49)48(53-44)42-22-11-18-35-15-7-8-19-40(35)42/h1-32H. The van der Waals surface area contributed by atoms with Gasteiger partial charge in [0.05, 0.1) is 22.0 Å². The molecule has 0 saturated heterocycles. The molecular formula is C52H32N4O. The van der Waals surface area contributed by atoms with Gasteiger partial charge in [0.1, 0.15) is 11.2 Å². The fraction of sp³-hybridized carbons (Fsp3) is 0. The van der Waals surface area contributed by atoms with E-state index in [0.717, 1.165) is 82.9 Å². The first kappa shape index (κ1) is 32.7. The average Bonchev–Trinajstić information content (AvgIpc) is 3.69. The molecule has 5 heteroatoms. The van der Waals surface area contributed by atoms with E-state index in [1.54, 1.807) is 0 Å². The van der Waals surface area contributed by atoms with E-state index in [-0.39, 0.29) is 0 Å². The molecule has 0 fully saturated rings. The molecule has 3 aromatic heterocycles. The molecule has 8 aromatic carbocycles. The molecule has 0 spiro atoms. The zero-order chi connectivity index (χ0) is 37.7. The van der Waals surface area contributed by atoms with E-state index in [9.17, 15) is 0 Å². The zero-order valence-corrected chi connectivity index (χ0v) is 30.7. The van der Waals surface area contributed by atoms with Crippen LogP contribution in [0.25, 0.3) is 111 Å². The highest BCUT2D eigenvalue weighted by molar-refractivity contribution is 6.23. The highest BCUT2D eigenvalue weighted by Gasteiger charge is 2.21. The predicted octanol–water partition coefficient (Wildman–Crippen LogP) is 13.5. The van der Waals surface area contributed by atoms with Crippen molar-refractivity contribution in [3.63, 3.8) is 0 Å². The molecule has 0 aliphatic rings. The molecule has 0 N–H and O–H groups in total. The summed E-state index contributed by atoms with van der Waals surface area (Å²) < 4.78 is 6.77. The minimum atomic E-state index is 0.608. The van der Waals surface area contributed by atoms with Crippen LogP contribution in [0.1, 0.15) is 0 Å². The fourth-order valence-corrected chi connectivity index (χ4v) is 7.96. The van der Waals surface area contributed by atoms with Gasteiger partial charge in [0.25, 0.3) is 0 Å². The fourth-order valence-electron chi connectivity index (χ4n) is 7.96. The van der Waals surface area contributed by atoms with E-state index in [1.165, 1.54) is 10.9 Å². The van der Waals surface area contributed by atoms with Crippen molar-refractivity contribution in [2.45, 2.75) is 0 Å². The summed E-state index contributed by atoms with van der Waals surface area (Å²) >= 11 is 0. The molecule has 57 heavy (non-hydrogen) atoms. The maximum atomic E-state index is 6.77. The summed E-state index contributed by atoms with van der Waals surface area (Å²) in [6.45, 7) is 0. The van der Waals surface area contributed by atoms with Crippen LogP contribution in [-0.4, -0.2) is 19.9 Å². The van der Waals surface area contributed by atoms with Crippen molar-refractivity contribution >= 4 is 43.6 Å². The third-order valence-corrected chi connectivity index (χ3v) is 10.8. The van der Waals surface area contributed by atoms with Crippen LogP contribution in [0.3, 0.4) is 0 Å². The van der Waals surface area contributed by atoms with Gasteiger partial charge in [-0.2, -0.15) is 0 Å². The normalized spacial score (nSPS) is 11.5. The SMILES string of the molecule is c1ccc(-c2ccc(-c3nc(-c4ccccc4)nc(-c4ccc(-c5cccc6nc(-c7cccc8ccccc78)c7c8ccccc8oc7c56)cc4)n3)cc2)cc1. The molecule has 3 heterocycles. The number of para-hydroxylation sites is 1. The van der Waals surface area contributed by atoms with Crippen molar-refractivity contribution in [1.82, 2.24) is 19.9 Å². The van der Waals surface area contributed by atoms with E-state index in [4.69, 9.17) is 24.4 Å². The second-order valence-corrected chi connectivity index (χ2v) is 14.2. The summed E-state index contributed by atoms with van der Waals surface area (Å²) in [4.78, 5) is 20.4. The summed E-state index contributed by atoms with van der Waals surface area (Å²) in [6.07, 6.45) is 0. The van der Waals surface area contributed by atoms with Gasteiger partial charge in [-0.3, -0.25) is 0 Å². The molecule has 0 amide bonds. The number of fused-ring (bicyclic) bond motifs is 6. The lowest BCUT2D eigenvalue weighted by molar-refractivity contribution is 0.672. The quantitative estimate of drug-likeness (QED) is 0.171. The van der Waals surface area contributed by atoms with Gasteiger partial charge >= 0.3 is 0 Å². The topological polar surface area (TPSA) is 64.7 Å². The van der Waals surface area contributed by atoms with Crippen LogP contribution in [0.15, 0.2) is 199 Å². The highest BCUT2D eigenvalue weighted by atomic mass is 16.3. The number of hydrogen-bond donors (Lipinski definition) is 0. The Bertz CT molecular complexity index is 3260. The molecule has 0 bridgehead atoms. The van der Waals surface area contributed by atoms with Gasteiger partial charge in [-0.05, 0) is 45.2 Å². The number of rotatable bonds is 6. The van der Waals surface area contributed by atoms with Crippen LogP contribution in [-0.2, 0) is 0 Å². The Morgan fingerprint density at radius 2 is 0.807 bits per heavy atom. The third-order valence-electron chi connectivity index (χ3n) is 10.8. The first-order valence-electron chi connectivity index (χ1n) is 19.1. The average molecular weight is 729 g/mol. The highest BCUT2D eigenvalue weighted by Crippen LogP contribution is 2.44. The number of hydrogen-bond acceptors (Lipinski definition) is 5. The van der Waals surface area contributed by atoms with Gasteiger partial charge < -0.3 is 4.42 Å². The molecular weight excluding hydrogens is 697 g/mol. The number of pyridine rings is 1. The maximum Gasteiger partial charge on any atom is 0.164 e. The van der Waals surface area contributed by atoms with E-state index < -0.39 is 0 Å². The van der Waals surface area contributed by atoms with E-state index >= 15 is 0 Å². The van der Waals surface area contributed by atoms with Gasteiger partial charge in [0.2, 0.25) is 0 Å². The second-order valence-electron chi connectivity index (χ2n) is 14.2. The van der Waals surface area contributed by atoms with E-state index in [0.29, 0.717) is 17.5 Å². The van der Waals surface area contributed by atoms with Crippen LogP contribution < -0.4 is 0 Å². The van der Waals surface area contributed by atoms with Crippen molar-refractivity contribution in [3.05, 3.63) is 194 Å². The second kappa shape index (κ2) is 13.5. The maximum absolute atomic E-state index is 6.77.